The van der Waals surface area contributed by atoms with Gasteiger partial charge in [-0.2, -0.15) is 0 Å². The van der Waals surface area contributed by atoms with E-state index in [1.165, 1.54) is 31.4 Å². The highest BCUT2D eigenvalue weighted by Gasteiger charge is 2.34. The molecule has 4 N–H and O–H groups in total. The Bertz CT molecular complexity index is 832. The van der Waals surface area contributed by atoms with Gasteiger partial charge in [0, 0.05) is 23.6 Å². The number of hydrogen-bond donors (Lipinski definition) is 4. The number of methoxy groups -OCH3 is 1. The Morgan fingerprint density at radius 2 is 1.88 bits per heavy atom. The molecule has 1 aliphatic rings. The van der Waals surface area contributed by atoms with Crippen molar-refractivity contribution in [3.05, 3.63) is 41.5 Å². The third-order valence-electron chi connectivity index (χ3n) is 4.23. The average Bonchev–Trinajstić information content (AvgIpc) is 2.61. The van der Waals surface area contributed by atoms with E-state index in [-0.39, 0.29) is 35.4 Å². The highest BCUT2D eigenvalue weighted by atomic mass is 16.7. The molecule has 0 aromatic heterocycles. The van der Waals surface area contributed by atoms with Crippen molar-refractivity contribution < 1.29 is 39.4 Å². The molecule has 3 rings (SSSR count). The van der Waals surface area contributed by atoms with Gasteiger partial charge in [0.15, 0.2) is 11.5 Å². The molecule has 2 atom stereocenters. The van der Waals surface area contributed by atoms with E-state index in [1.807, 2.05) is 0 Å². The van der Waals surface area contributed by atoms with Crippen LogP contribution in [0.25, 0.3) is 0 Å². The summed E-state index contributed by atoms with van der Waals surface area (Å²) in [5.41, 5.74) is 1.01. The molecule has 0 aliphatic carbocycles. The van der Waals surface area contributed by atoms with Crippen LogP contribution in [-0.2, 0) is 15.9 Å². The highest BCUT2D eigenvalue weighted by molar-refractivity contribution is 5.59. The predicted octanol–water partition coefficient (Wildman–Crippen LogP) is 2.58. The van der Waals surface area contributed by atoms with Gasteiger partial charge in [0.05, 0.1) is 7.11 Å². The largest absolute Gasteiger partial charge is 0.508 e. The van der Waals surface area contributed by atoms with Gasteiger partial charge in [-0.25, -0.2) is 4.79 Å². The minimum Gasteiger partial charge on any atom is -0.508 e. The maximum Gasteiger partial charge on any atom is 0.507 e. The van der Waals surface area contributed by atoms with E-state index >= 15 is 0 Å². The summed E-state index contributed by atoms with van der Waals surface area (Å²) in [6.07, 6.45) is -1.21. The van der Waals surface area contributed by atoms with Crippen LogP contribution in [0.15, 0.2) is 30.3 Å². The maximum atomic E-state index is 11.3. The molecule has 1 heterocycles. The Morgan fingerprint density at radius 1 is 1.12 bits per heavy atom. The second kappa shape index (κ2) is 6.91. The van der Waals surface area contributed by atoms with Crippen LogP contribution in [0.2, 0.25) is 0 Å². The second-order valence-corrected chi connectivity index (χ2v) is 5.96. The monoisotopic (exact) mass is 362 g/mol. The highest BCUT2D eigenvalue weighted by Crippen LogP contribution is 2.45. The Kier molecular flexibility index (Phi) is 4.66. The molecule has 26 heavy (non-hydrogen) atoms. The van der Waals surface area contributed by atoms with Gasteiger partial charge in [-0.05, 0) is 24.1 Å². The van der Waals surface area contributed by atoms with Crippen LogP contribution in [0.4, 0.5) is 4.79 Å². The van der Waals surface area contributed by atoms with Gasteiger partial charge in [0.25, 0.3) is 0 Å². The number of rotatable bonds is 3. The van der Waals surface area contributed by atoms with Crippen LogP contribution in [0.3, 0.4) is 0 Å². The topological polar surface area (TPSA) is 126 Å². The van der Waals surface area contributed by atoms with E-state index in [9.17, 15) is 25.2 Å². The molecule has 0 spiro atoms. The molecule has 1 aliphatic heterocycles. The minimum atomic E-state index is -0.849. The average molecular weight is 362 g/mol. The van der Waals surface area contributed by atoms with E-state index < -0.39 is 18.2 Å². The fourth-order valence-electron chi connectivity index (χ4n) is 2.97. The summed E-state index contributed by atoms with van der Waals surface area (Å²) in [4.78, 5) is 11.3. The lowest BCUT2D eigenvalue weighted by atomic mass is 9.87. The molecule has 2 aromatic carbocycles. The van der Waals surface area contributed by atoms with E-state index in [4.69, 9.17) is 9.47 Å². The van der Waals surface area contributed by atoms with Crippen molar-refractivity contribution in [3.8, 4) is 28.7 Å². The first-order valence-corrected chi connectivity index (χ1v) is 7.83. The van der Waals surface area contributed by atoms with Crippen LogP contribution < -0.4 is 4.74 Å². The number of hydrogen-bond acceptors (Lipinski definition) is 8. The molecular formula is C18H18O8. The lowest BCUT2D eigenvalue weighted by Gasteiger charge is -2.34. The SMILES string of the molecule is COC(=O)OC[C@H]1Cc2c(O)cc(O)cc2O[C@H]1c1ccc(O)c(O)c1. The smallest absolute Gasteiger partial charge is 0.507 e. The van der Waals surface area contributed by atoms with Crippen LogP contribution in [0.1, 0.15) is 17.2 Å². The van der Waals surface area contributed by atoms with Gasteiger partial charge in [0.1, 0.15) is 30.0 Å². The first kappa shape index (κ1) is 17.5. The number of ether oxygens (including phenoxy) is 3. The van der Waals surface area contributed by atoms with Gasteiger partial charge in [-0.3, -0.25) is 0 Å². The zero-order valence-electron chi connectivity index (χ0n) is 13.9. The first-order valence-electron chi connectivity index (χ1n) is 7.83. The lowest BCUT2D eigenvalue weighted by Crippen LogP contribution is -2.30. The molecule has 0 bridgehead atoms. The Morgan fingerprint density at radius 3 is 2.58 bits per heavy atom. The molecule has 0 fully saturated rings. The lowest BCUT2D eigenvalue weighted by molar-refractivity contribution is 0.0241. The normalized spacial score (nSPS) is 18.5. The summed E-state index contributed by atoms with van der Waals surface area (Å²) in [6, 6.07) is 6.81. The molecule has 138 valence electrons. The molecule has 8 nitrogen and oxygen atoms in total. The molecule has 0 saturated heterocycles. The van der Waals surface area contributed by atoms with Crippen molar-refractivity contribution in [1.29, 1.82) is 0 Å². The maximum absolute atomic E-state index is 11.3. The van der Waals surface area contributed by atoms with E-state index in [2.05, 4.69) is 4.74 Å². The number of carbonyl (C=O) groups excluding carboxylic acids is 1. The molecule has 2 aromatic rings. The number of phenols is 4. The molecule has 0 amide bonds. The molecule has 0 saturated carbocycles. The van der Waals surface area contributed by atoms with E-state index in [0.717, 1.165) is 0 Å². The summed E-state index contributed by atoms with van der Waals surface area (Å²) >= 11 is 0. The summed E-state index contributed by atoms with van der Waals surface area (Å²) in [6.45, 7) is -0.0568. The molecule has 0 unspecified atom stereocenters. The van der Waals surface area contributed by atoms with Gasteiger partial charge in [-0.1, -0.05) is 6.07 Å². The molecule has 8 heteroatoms. The second-order valence-electron chi connectivity index (χ2n) is 5.96. The van der Waals surface area contributed by atoms with Crippen molar-refractivity contribution in [2.45, 2.75) is 12.5 Å². The van der Waals surface area contributed by atoms with Crippen molar-refractivity contribution in [1.82, 2.24) is 0 Å². The number of aromatic hydroxyl groups is 4. The van der Waals surface area contributed by atoms with Crippen molar-refractivity contribution in [2.75, 3.05) is 13.7 Å². The quantitative estimate of drug-likeness (QED) is 0.485. The van der Waals surface area contributed by atoms with Gasteiger partial charge in [-0.15, -0.1) is 0 Å². The summed E-state index contributed by atoms with van der Waals surface area (Å²) in [5.74, 6) is -0.992. The summed E-state index contributed by atoms with van der Waals surface area (Å²) in [7, 11) is 1.19. The van der Waals surface area contributed by atoms with Crippen molar-refractivity contribution in [3.63, 3.8) is 0 Å². The van der Waals surface area contributed by atoms with Crippen molar-refractivity contribution >= 4 is 6.16 Å². The Balaban J connectivity index is 1.96. The molecular weight excluding hydrogens is 344 g/mol. The van der Waals surface area contributed by atoms with Crippen molar-refractivity contribution in [2.24, 2.45) is 5.92 Å². The molecule has 0 radical (unpaired) electrons. The number of carbonyl (C=O) groups is 1. The Hall–Kier alpha value is -3.29. The third kappa shape index (κ3) is 3.39. The summed E-state index contributed by atoms with van der Waals surface area (Å²) < 4.78 is 15.4. The minimum absolute atomic E-state index is 0.0568. The van der Waals surface area contributed by atoms with Crippen LogP contribution in [0, 0.1) is 5.92 Å². The zero-order valence-corrected chi connectivity index (χ0v) is 13.9. The number of fused-ring (bicyclic) bond motifs is 1. The van der Waals surface area contributed by atoms with E-state index in [1.54, 1.807) is 6.07 Å². The van der Waals surface area contributed by atoms with Crippen LogP contribution in [0.5, 0.6) is 28.7 Å². The predicted molar refractivity (Wildman–Crippen MR) is 88.5 cm³/mol. The third-order valence-corrected chi connectivity index (χ3v) is 4.23. The fourth-order valence-corrected chi connectivity index (χ4v) is 2.97. The fraction of sp³-hybridized carbons (Fsp3) is 0.278. The van der Waals surface area contributed by atoms with Crippen LogP contribution in [-0.4, -0.2) is 40.3 Å². The zero-order chi connectivity index (χ0) is 18.8. The van der Waals surface area contributed by atoms with Crippen LogP contribution >= 0.6 is 0 Å². The van der Waals surface area contributed by atoms with E-state index in [0.29, 0.717) is 17.5 Å². The number of phenolic OH excluding ortho intramolecular Hbond substituents is 4. The summed E-state index contributed by atoms with van der Waals surface area (Å²) in [5, 5.41) is 39.0. The van der Waals surface area contributed by atoms with Gasteiger partial charge < -0.3 is 34.6 Å². The van der Waals surface area contributed by atoms with Gasteiger partial charge in [0.2, 0.25) is 0 Å². The Labute approximate surface area is 148 Å². The standard InChI is InChI=1S/C18H18O8/c1-24-18(23)25-8-10-4-12-14(21)6-11(19)7-16(12)26-17(10)9-2-3-13(20)15(22)5-9/h2-3,5-7,10,17,19-22H,4,8H2,1H3/t10-,17+/m1/s1. The van der Waals surface area contributed by atoms with Gasteiger partial charge >= 0.3 is 6.16 Å². The first-order chi connectivity index (χ1) is 12.4. The number of benzene rings is 2.